The Morgan fingerprint density at radius 2 is 1.55 bits per heavy atom. The van der Waals surface area contributed by atoms with Gasteiger partial charge in [0.05, 0.1) is 28.7 Å². The zero-order valence-corrected chi connectivity index (χ0v) is 21.1. The van der Waals surface area contributed by atoms with Gasteiger partial charge in [0.15, 0.2) is 11.4 Å². The quantitative estimate of drug-likeness (QED) is 0.304. The summed E-state index contributed by atoms with van der Waals surface area (Å²) in [7, 11) is -4.14. The van der Waals surface area contributed by atoms with E-state index in [2.05, 4.69) is 5.32 Å². The van der Waals surface area contributed by atoms with E-state index in [4.69, 9.17) is 14.4 Å². The zero-order valence-electron chi connectivity index (χ0n) is 20.3. The van der Waals surface area contributed by atoms with Crippen LogP contribution in [0.3, 0.4) is 0 Å². The molecule has 6 aromatic rings. The number of aryl methyl sites for hydroxylation is 1. The Morgan fingerprint density at radius 3 is 2.24 bits per heavy atom. The van der Waals surface area contributed by atoms with Gasteiger partial charge in [-0.3, -0.25) is 4.79 Å². The normalized spacial score (nSPS) is 11.7. The fourth-order valence-corrected chi connectivity index (χ4v) is 5.92. The molecule has 6 rings (SSSR count). The van der Waals surface area contributed by atoms with Crippen LogP contribution in [0.4, 0.5) is 5.82 Å². The molecular weight excluding hydrogens is 500 g/mol. The molecule has 0 aliphatic carbocycles. The van der Waals surface area contributed by atoms with Crippen molar-refractivity contribution >= 4 is 43.8 Å². The number of amides is 1. The van der Waals surface area contributed by atoms with Crippen LogP contribution in [0.15, 0.2) is 111 Å². The highest BCUT2D eigenvalue weighted by Gasteiger charge is 2.33. The summed E-state index contributed by atoms with van der Waals surface area (Å²) < 4.78 is 35.4. The van der Waals surface area contributed by atoms with Crippen molar-refractivity contribution in [3.8, 4) is 0 Å². The lowest BCUT2D eigenvalue weighted by Crippen LogP contribution is -2.17. The van der Waals surface area contributed by atoms with E-state index in [1.807, 2.05) is 55.5 Å². The molecule has 0 atom stereocenters. The summed E-state index contributed by atoms with van der Waals surface area (Å²) in [6.45, 7) is 2.14. The molecule has 0 spiro atoms. The number of nitrogens with zero attached hydrogens (tertiary/aromatic N) is 3. The van der Waals surface area contributed by atoms with E-state index < -0.39 is 15.7 Å². The first-order chi connectivity index (χ1) is 18.4. The van der Waals surface area contributed by atoms with Gasteiger partial charge in [0, 0.05) is 0 Å². The molecule has 1 N–H and O–H groups in total. The third-order valence-electron chi connectivity index (χ3n) is 6.27. The van der Waals surface area contributed by atoms with Gasteiger partial charge in [-0.15, -0.1) is 0 Å². The predicted octanol–water partition coefficient (Wildman–Crippen LogP) is 5.62. The number of carbonyl (C=O) groups is 1. The summed E-state index contributed by atoms with van der Waals surface area (Å²) in [5.74, 6) is -0.468. The maximum Gasteiger partial charge on any atom is 0.292 e. The number of hydrogen-bond acceptors (Lipinski definition) is 6. The second kappa shape index (κ2) is 9.28. The van der Waals surface area contributed by atoms with Crippen molar-refractivity contribution < 1.29 is 17.6 Å². The van der Waals surface area contributed by atoms with Crippen molar-refractivity contribution in [2.45, 2.75) is 23.3 Å². The highest BCUT2D eigenvalue weighted by atomic mass is 32.2. The highest BCUT2D eigenvalue weighted by Crippen LogP contribution is 2.38. The van der Waals surface area contributed by atoms with Crippen molar-refractivity contribution in [3.05, 3.63) is 114 Å². The van der Waals surface area contributed by atoms with E-state index in [1.165, 1.54) is 12.3 Å². The highest BCUT2D eigenvalue weighted by molar-refractivity contribution is 7.92. The smallest absolute Gasteiger partial charge is 0.292 e. The zero-order chi connectivity index (χ0) is 26.3. The first-order valence-electron chi connectivity index (χ1n) is 11.9. The minimum atomic E-state index is -4.14. The molecule has 0 aliphatic rings. The molecule has 0 bridgehead atoms. The fourth-order valence-electron chi connectivity index (χ4n) is 4.38. The van der Waals surface area contributed by atoms with Gasteiger partial charge in [-0.2, -0.15) is 0 Å². The number of fused-ring (bicyclic) bond motifs is 2. The van der Waals surface area contributed by atoms with E-state index >= 15 is 0 Å². The lowest BCUT2D eigenvalue weighted by molar-refractivity contribution is 0.0995. The van der Waals surface area contributed by atoms with Crippen LogP contribution in [0.1, 0.15) is 21.7 Å². The number of aromatic nitrogens is 3. The summed E-state index contributed by atoms with van der Waals surface area (Å²) in [5, 5.41) is 2.80. The van der Waals surface area contributed by atoms with Crippen molar-refractivity contribution in [2.75, 3.05) is 5.32 Å². The third kappa shape index (κ3) is 4.12. The molecule has 3 heterocycles. The van der Waals surface area contributed by atoms with Crippen LogP contribution in [-0.2, 0) is 16.4 Å². The van der Waals surface area contributed by atoms with Crippen molar-refractivity contribution in [1.29, 1.82) is 0 Å². The molecule has 0 fully saturated rings. The Bertz CT molecular complexity index is 1890. The molecule has 0 aliphatic heterocycles. The van der Waals surface area contributed by atoms with Gasteiger partial charge in [-0.25, -0.2) is 18.4 Å². The Kier molecular flexibility index (Phi) is 5.77. The second-order valence-electron chi connectivity index (χ2n) is 8.88. The third-order valence-corrected chi connectivity index (χ3v) is 8.09. The largest absolute Gasteiger partial charge is 0.459 e. The number of benzene rings is 3. The van der Waals surface area contributed by atoms with Crippen LogP contribution in [-0.4, -0.2) is 28.9 Å². The van der Waals surface area contributed by atoms with Crippen molar-refractivity contribution in [3.63, 3.8) is 0 Å². The summed E-state index contributed by atoms with van der Waals surface area (Å²) in [4.78, 5) is 22.7. The molecule has 188 valence electrons. The molecule has 3 aromatic carbocycles. The number of para-hydroxylation sites is 2. The monoisotopic (exact) mass is 522 g/mol. The van der Waals surface area contributed by atoms with Crippen molar-refractivity contribution in [1.82, 2.24) is 14.5 Å². The van der Waals surface area contributed by atoms with Crippen LogP contribution in [0.5, 0.6) is 0 Å². The molecular formula is C29H22N4O4S. The Balaban J connectivity index is 1.68. The topological polar surface area (TPSA) is 107 Å². The van der Waals surface area contributed by atoms with Crippen LogP contribution in [0.25, 0.3) is 22.2 Å². The van der Waals surface area contributed by atoms with E-state index in [1.54, 1.807) is 41.0 Å². The Morgan fingerprint density at radius 1 is 0.868 bits per heavy atom. The number of hydrogen-bond donors (Lipinski definition) is 1. The SMILES string of the molecule is Cc1ccc(S(=O)(=O)c2c(NC(=O)c3ccco3)n(Cc3ccccc3)c3nc4ccccc4nc23)cc1. The molecule has 0 saturated heterocycles. The molecule has 0 unspecified atom stereocenters. The maximum absolute atomic E-state index is 14.2. The molecule has 3 aromatic heterocycles. The Hall–Kier alpha value is -4.76. The van der Waals surface area contributed by atoms with Crippen LogP contribution >= 0.6 is 0 Å². The maximum atomic E-state index is 14.2. The molecule has 1 amide bonds. The molecule has 0 saturated carbocycles. The van der Waals surface area contributed by atoms with Crippen molar-refractivity contribution in [2.24, 2.45) is 0 Å². The molecule has 9 heteroatoms. The summed E-state index contributed by atoms with van der Waals surface area (Å²) in [6.07, 6.45) is 1.38. The van der Waals surface area contributed by atoms with E-state index in [0.29, 0.717) is 16.7 Å². The minimum Gasteiger partial charge on any atom is -0.459 e. The van der Waals surface area contributed by atoms with Crippen LogP contribution in [0.2, 0.25) is 0 Å². The van der Waals surface area contributed by atoms with Gasteiger partial charge >= 0.3 is 0 Å². The molecule has 38 heavy (non-hydrogen) atoms. The molecule has 0 radical (unpaired) electrons. The number of rotatable bonds is 6. The number of anilines is 1. The first-order valence-corrected chi connectivity index (χ1v) is 13.4. The van der Waals surface area contributed by atoms with Gasteiger partial charge in [0.1, 0.15) is 16.2 Å². The number of nitrogens with one attached hydrogen (secondary N) is 1. The first kappa shape index (κ1) is 23.6. The average molecular weight is 523 g/mol. The average Bonchev–Trinajstić information content (AvgIpc) is 3.56. The van der Waals surface area contributed by atoms with Crippen LogP contribution in [0, 0.1) is 6.92 Å². The number of carbonyl (C=O) groups excluding carboxylic acids is 1. The second-order valence-corrected chi connectivity index (χ2v) is 10.8. The lowest BCUT2D eigenvalue weighted by atomic mass is 10.2. The van der Waals surface area contributed by atoms with Crippen LogP contribution < -0.4 is 5.32 Å². The van der Waals surface area contributed by atoms with Gasteiger partial charge in [-0.1, -0.05) is 60.2 Å². The van der Waals surface area contributed by atoms with Gasteiger partial charge < -0.3 is 14.3 Å². The van der Waals surface area contributed by atoms with E-state index in [9.17, 15) is 13.2 Å². The Labute approximate surface area is 218 Å². The number of furan rings is 1. The van der Waals surface area contributed by atoms with Gasteiger partial charge in [0.2, 0.25) is 9.84 Å². The molecule has 8 nitrogen and oxygen atoms in total. The number of sulfone groups is 1. The minimum absolute atomic E-state index is 0.0475. The lowest BCUT2D eigenvalue weighted by Gasteiger charge is -2.13. The standard InChI is InChI=1S/C29H22N4O4S/c1-19-13-15-21(16-14-19)38(35,36)26-25-27(31-23-11-6-5-10-22(23)30-25)33(18-20-8-3-2-4-9-20)28(26)32-29(34)24-12-7-17-37-24/h2-17H,18H2,1H3,(H,32,34). The van der Waals surface area contributed by atoms with E-state index in [0.717, 1.165) is 11.1 Å². The fraction of sp³-hybridized carbons (Fsp3) is 0.0690. The summed E-state index contributed by atoms with van der Waals surface area (Å²) in [6, 6.07) is 26.5. The summed E-state index contributed by atoms with van der Waals surface area (Å²) in [5.41, 5.74) is 3.48. The van der Waals surface area contributed by atoms with Gasteiger partial charge in [0.25, 0.3) is 5.91 Å². The van der Waals surface area contributed by atoms with E-state index in [-0.39, 0.29) is 33.4 Å². The van der Waals surface area contributed by atoms with Gasteiger partial charge in [-0.05, 0) is 48.9 Å². The summed E-state index contributed by atoms with van der Waals surface area (Å²) >= 11 is 0. The predicted molar refractivity (Wildman–Crippen MR) is 144 cm³/mol.